The molecule has 1 atom stereocenters. The summed E-state index contributed by atoms with van der Waals surface area (Å²) in [5.41, 5.74) is 10.1. The van der Waals surface area contributed by atoms with Crippen LogP contribution < -0.4 is 5.73 Å². The number of aryl methyl sites for hydroxylation is 2. The molecule has 1 aliphatic heterocycles. The van der Waals surface area contributed by atoms with Gasteiger partial charge < -0.3 is 5.73 Å². The smallest absolute Gasteiger partial charge is 0.159 e. The number of aromatic nitrogens is 3. The third-order valence-corrected chi connectivity index (χ3v) is 3.95. The molecule has 3 rings (SSSR count). The third kappa shape index (κ3) is 2.35. The van der Waals surface area contributed by atoms with Crippen molar-refractivity contribution in [2.45, 2.75) is 26.8 Å². The summed E-state index contributed by atoms with van der Waals surface area (Å²) >= 11 is 0. The van der Waals surface area contributed by atoms with E-state index in [0.29, 0.717) is 5.92 Å². The highest BCUT2D eigenvalue weighted by Crippen LogP contribution is 2.20. The number of likely N-dealkylation sites (tertiary alicyclic amines) is 1. The van der Waals surface area contributed by atoms with Crippen LogP contribution >= 0.6 is 0 Å². The first kappa shape index (κ1) is 12.6. The Morgan fingerprint density at radius 2 is 2.26 bits per heavy atom. The van der Waals surface area contributed by atoms with Crippen LogP contribution in [-0.4, -0.2) is 39.1 Å². The van der Waals surface area contributed by atoms with Crippen molar-refractivity contribution in [3.8, 4) is 0 Å². The monoisotopic (exact) mass is 259 g/mol. The minimum atomic E-state index is 0.651. The molecule has 1 aliphatic rings. The minimum Gasteiger partial charge on any atom is -0.330 e. The van der Waals surface area contributed by atoms with Crippen molar-refractivity contribution < 1.29 is 0 Å². The van der Waals surface area contributed by atoms with Gasteiger partial charge in [-0.25, -0.2) is 9.50 Å². The zero-order chi connectivity index (χ0) is 13.4. The maximum atomic E-state index is 5.74. The van der Waals surface area contributed by atoms with Crippen molar-refractivity contribution in [3.63, 3.8) is 0 Å². The lowest BCUT2D eigenvalue weighted by Crippen LogP contribution is -2.22. The second kappa shape index (κ2) is 4.90. The van der Waals surface area contributed by atoms with Gasteiger partial charge in [0.15, 0.2) is 5.65 Å². The van der Waals surface area contributed by atoms with Gasteiger partial charge in [-0.15, -0.1) is 0 Å². The highest BCUT2D eigenvalue weighted by molar-refractivity contribution is 5.47. The molecule has 1 fully saturated rings. The molecule has 102 valence electrons. The summed E-state index contributed by atoms with van der Waals surface area (Å²) in [5, 5.41) is 4.44. The molecule has 1 unspecified atom stereocenters. The Morgan fingerprint density at radius 3 is 3.00 bits per heavy atom. The average Bonchev–Trinajstić information content (AvgIpc) is 2.97. The van der Waals surface area contributed by atoms with E-state index in [4.69, 9.17) is 5.73 Å². The summed E-state index contributed by atoms with van der Waals surface area (Å²) in [6, 6.07) is 2.06. The second-order valence-electron chi connectivity index (χ2n) is 5.57. The number of fused-ring (bicyclic) bond motifs is 1. The Morgan fingerprint density at radius 1 is 1.42 bits per heavy atom. The molecule has 5 heteroatoms. The molecule has 0 aromatic carbocycles. The van der Waals surface area contributed by atoms with E-state index in [1.165, 1.54) is 12.0 Å². The number of hydrogen-bond acceptors (Lipinski definition) is 4. The lowest BCUT2D eigenvalue weighted by molar-refractivity contribution is 0.319. The maximum absolute atomic E-state index is 5.74. The quantitative estimate of drug-likeness (QED) is 0.897. The van der Waals surface area contributed by atoms with E-state index in [1.807, 2.05) is 17.6 Å². The summed E-state index contributed by atoms with van der Waals surface area (Å²) in [5.74, 6) is 0.651. The van der Waals surface area contributed by atoms with E-state index in [9.17, 15) is 0 Å². The van der Waals surface area contributed by atoms with Crippen molar-refractivity contribution in [1.82, 2.24) is 19.5 Å². The number of nitrogens with zero attached hydrogens (tertiary/aromatic N) is 4. The molecule has 0 spiro atoms. The first-order chi connectivity index (χ1) is 9.17. The van der Waals surface area contributed by atoms with Crippen LogP contribution in [0.3, 0.4) is 0 Å². The highest BCUT2D eigenvalue weighted by Gasteiger charge is 2.22. The average molecular weight is 259 g/mol. The van der Waals surface area contributed by atoms with Gasteiger partial charge in [0.1, 0.15) is 0 Å². The highest BCUT2D eigenvalue weighted by atomic mass is 15.3. The summed E-state index contributed by atoms with van der Waals surface area (Å²) < 4.78 is 1.93. The molecule has 5 nitrogen and oxygen atoms in total. The predicted octanol–water partition coefficient (Wildman–Crippen LogP) is 1.13. The fraction of sp³-hybridized carbons (Fsp3) is 0.571. The number of nitrogens with two attached hydrogens (primary N) is 1. The van der Waals surface area contributed by atoms with E-state index in [1.54, 1.807) is 0 Å². The first-order valence-corrected chi connectivity index (χ1v) is 6.90. The van der Waals surface area contributed by atoms with Gasteiger partial charge in [-0.3, -0.25) is 4.90 Å². The molecule has 2 aromatic heterocycles. The largest absolute Gasteiger partial charge is 0.330 e. The van der Waals surface area contributed by atoms with E-state index in [0.717, 1.165) is 43.2 Å². The zero-order valence-corrected chi connectivity index (χ0v) is 11.6. The van der Waals surface area contributed by atoms with Gasteiger partial charge in [-0.2, -0.15) is 5.10 Å². The lowest BCUT2D eigenvalue weighted by Gasteiger charge is -2.14. The van der Waals surface area contributed by atoms with Crippen LogP contribution in [0.1, 0.15) is 23.4 Å². The van der Waals surface area contributed by atoms with Gasteiger partial charge in [0.05, 0.1) is 6.20 Å². The SMILES string of the molecule is Cc1cc(C)n2ncc(CN3CCC(CN)C3)c2n1. The summed E-state index contributed by atoms with van der Waals surface area (Å²) in [4.78, 5) is 7.08. The molecule has 2 N–H and O–H groups in total. The fourth-order valence-electron chi connectivity index (χ4n) is 2.92. The molecule has 2 aromatic rings. The summed E-state index contributed by atoms with van der Waals surface area (Å²) in [6.45, 7) is 8.04. The van der Waals surface area contributed by atoms with Crippen molar-refractivity contribution in [2.75, 3.05) is 19.6 Å². The van der Waals surface area contributed by atoms with Crippen LogP contribution in [0.2, 0.25) is 0 Å². The van der Waals surface area contributed by atoms with E-state index < -0.39 is 0 Å². The first-order valence-electron chi connectivity index (χ1n) is 6.90. The Bertz CT molecular complexity index is 589. The van der Waals surface area contributed by atoms with Crippen LogP contribution in [0.4, 0.5) is 0 Å². The molecule has 0 saturated carbocycles. The molecule has 3 heterocycles. The Hall–Kier alpha value is -1.46. The molecule has 19 heavy (non-hydrogen) atoms. The molecule has 0 aliphatic carbocycles. The van der Waals surface area contributed by atoms with Crippen molar-refractivity contribution in [2.24, 2.45) is 11.7 Å². The van der Waals surface area contributed by atoms with Gasteiger partial charge in [-0.05, 0) is 45.3 Å². The topological polar surface area (TPSA) is 59.5 Å². The fourth-order valence-corrected chi connectivity index (χ4v) is 2.92. The van der Waals surface area contributed by atoms with Crippen LogP contribution in [0.15, 0.2) is 12.3 Å². The van der Waals surface area contributed by atoms with E-state index in [-0.39, 0.29) is 0 Å². The second-order valence-corrected chi connectivity index (χ2v) is 5.57. The normalized spacial score (nSPS) is 20.5. The van der Waals surface area contributed by atoms with E-state index >= 15 is 0 Å². The van der Waals surface area contributed by atoms with Crippen LogP contribution in [-0.2, 0) is 6.54 Å². The summed E-state index contributed by atoms with van der Waals surface area (Å²) in [7, 11) is 0. The molecule has 0 bridgehead atoms. The Labute approximate surface area is 113 Å². The van der Waals surface area contributed by atoms with Gasteiger partial charge in [-0.1, -0.05) is 0 Å². The Kier molecular flexibility index (Phi) is 3.24. The van der Waals surface area contributed by atoms with Crippen molar-refractivity contribution in [3.05, 3.63) is 29.2 Å². The number of hydrogen-bond donors (Lipinski definition) is 1. The molecular weight excluding hydrogens is 238 g/mol. The van der Waals surface area contributed by atoms with Crippen LogP contribution in [0.5, 0.6) is 0 Å². The van der Waals surface area contributed by atoms with Gasteiger partial charge in [0.25, 0.3) is 0 Å². The third-order valence-electron chi connectivity index (χ3n) is 3.95. The number of rotatable bonds is 3. The summed E-state index contributed by atoms with van der Waals surface area (Å²) in [6.07, 6.45) is 3.16. The molecule has 0 radical (unpaired) electrons. The standard InChI is InChI=1S/C14H21N5/c1-10-5-11(2)19-14(17-10)13(7-16-19)9-18-4-3-12(6-15)8-18/h5,7,12H,3-4,6,8-9,15H2,1-2H3. The predicted molar refractivity (Wildman–Crippen MR) is 74.9 cm³/mol. The minimum absolute atomic E-state index is 0.651. The van der Waals surface area contributed by atoms with E-state index in [2.05, 4.69) is 28.0 Å². The molecule has 0 amide bonds. The van der Waals surface area contributed by atoms with Crippen molar-refractivity contribution >= 4 is 5.65 Å². The Balaban J connectivity index is 1.86. The van der Waals surface area contributed by atoms with Gasteiger partial charge >= 0.3 is 0 Å². The zero-order valence-electron chi connectivity index (χ0n) is 11.6. The van der Waals surface area contributed by atoms with Crippen LogP contribution in [0, 0.1) is 19.8 Å². The lowest BCUT2D eigenvalue weighted by atomic mass is 10.1. The molecular formula is C14H21N5. The molecule has 1 saturated heterocycles. The maximum Gasteiger partial charge on any atom is 0.159 e. The van der Waals surface area contributed by atoms with Crippen LogP contribution in [0.25, 0.3) is 5.65 Å². The van der Waals surface area contributed by atoms with Crippen molar-refractivity contribution in [1.29, 1.82) is 0 Å². The van der Waals surface area contributed by atoms with Gasteiger partial charge in [0, 0.05) is 30.0 Å². The van der Waals surface area contributed by atoms with Gasteiger partial charge in [0.2, 0.25) is 0 Å².